The van der Waals surface area contributed by atoms with Gasteiger partial charge in [0.1, 0.15) is 24.7 Å². The number of carbonyl (C=O) groups is 4. The normalized spacial score (nSPS) is 15.8. The minimum Gasteiger partial charge on any atom is -0.491 e. The van der Waals surface area contributed by atoms with Crippen molar-refractivity contribution in [2.45, 2.75) is 38.4 Å². The first-order valence-corrected chi connectivity index (χ1v) is 13.8. The monoisotopic (exact) mass is 570 g/mol. The average molecular weight is 571 g/mol. The molecular weight excluding hydrogens is 536 g/mol. The summed E-state index contributed by atoms with van der Waals surface area (Å²) in [6, 6.07) is 10.0. The highest BCUT2D eigenvalue weighted by Gasteiger charge is 2.35. The maximum atomic E-state index is 12.9. The zero-order chi connectivity index (χ0) is 28.5. The van der Waals surface area contributed by atoms with Gasteiger partial charge in [0.25, 0.3) is 5.91 Å². The van der Waals surface area contributed by atoms with Crippen LogP contribution in [0.4, 0.5) is 0 Å². The van der Waals surface area contributed by atoms with Gasteiger partial charge in [0.15, 0.2) is 0 Å². The third-order valence-electron chi connectivity index (χ3n) is 7.10. The smallest absolute Gasteiger partial charge is 0.255 e. The molecular formula is C29H35ClN4O6. The lowest BCUT2D eigenvalue weighted by molar-refractivity contribution is -0.125. The molecule has 0 saturated carbocycles. The van der Waals surface area contributed by atoms with Crippen molar-refractivity contribution in [2.75, 3.05) is 46.5 Å². The van der Waals surface area contributed by atoms with Crippen molar-refractivity contribution >= 4 is 35.6 Å². The third kappa shape index (κ3) is 7.59. The predicted octanol–water partition coefficient (Wildman–Crippen LogP) is 1.96. The first-order chi connectivity index (χ1) is 19.4. The molecule has 0 radical (unpaired) electrons. The number of morpholine rings is 1. The Kier molecular flexibility index (Phi) is 10.5. The quantitative estimate of drug-likeness (QED) is 0.354. The average Bonchev–Trinajstić information content (AvgIpc) is 3.28. The molecule has 0 aromatic heterocycles. The number of aldehydes is 1. The second-order valence-corrected chi connectivity index (χ2v) is 10.2. The maximum absolute atomic E-state index is 12.9. The standard InChI is InChI=1S/C29H35ClN4O6/c1-31-28(37)25(3-2-11-35)34-19-22-15-21(4-6-23(22)29(34)38)18-32-27(36)17-20-5-7-26(24(30)16-20)40-14-10-33-8-12-39-13-9-33/h4-7,11,15-16,25H,2-3,8-10,12-14,17-19H2,1H3,(H,31,37)(H,32,36). The molecule has 11 heteroatoms. The summed E-state index contributed by atoms with van der Waals surface area (Å²) in [7, 11) is 1.51. The number of fused-ring (bicyclic) bond motifs is 1. The van der Waals surface area contributed by atoms with E-state index in [-0.39, 0.29) is 43.5 Å². The predicted molar refractivity (Wildman–Crippen MR) is 149 cm³/mol. The summed E-state index contributed by atoms with van der Waals surface area (Å²) in [6.45, 7) is 5.16. The number of amides is 3. The van der Waals surface area contributed by atoms with Gasteiger partial charge in [-0.25, -0.2) is 0 Å². The Morgan fingerprint density at radius 1 is 1.15 bits per heavy atom. The molecule has 0 bridgehead atoms. The molecule has 2 aliphatic heterocycles. The topological polar surface area (TPSA) is 117 Å². The van der Waals surface area contributed by atoms with Gasteiger partial charge < -0.3 is 29.8 Å². The number of hydrogen-bond acceptors (Lipinski definition) is 7. The summed E-state index contributed by atoms with van der Waals surface area (Å²) < 4.78 is 11.2. The minimum absolute atomic E-state index is 0.162. The molecule has 214 valence electrons. The number of ether oxygens (including phenoxy) is 2. The molecule has 2 aliphatic rings. The number of carbonyl (C=O) groups excluding carboxylic acids is 4. The minimum atomic E-state index is -0.716. The zero-order valence-electron chi connectivity index (χ0n) is 22.6. The maximum Gasteiger partial charge on any atom is 0.255 e. The van der Waals surface area contributed by atoms with Crippen LogP contribution in [-0.2, 0) is 38.6 Å². The number of hydrogen-bond donors (Lipinski definition) is 2. The second-order valence-electron chi connectivity index (χ2n) is 9.82. The largest absolute Gasteiger partial charge is 0.491 e. The van der Waals surface area contributed by atoms with Gasteiger partial charge in [0, 0.05) is 51.8 Å². The fraction of sp³-hybridized carbons (Fsp3) is 0.448. The highest BCUT2D eigenvalue weighted by molar-refractivity contribution is 6.32. The summed E-state index contributed by atoms with van der Waals surface area (Å²) in [5.74, 6) is -0.118. The van der Waals surface area contributed by atoms with Gasteiger partial charge in [-0.05, 0) is 41.3 Å². The Balaban J connectivity index is 1.27. The Morgan fingerprint density at radius 3 is 2.65 bits per heavy atom. The van der Waals surface area contributed by atoms with Crippen LogP contribution in [0.15, 0.2) is 36.4 Å². The van der Waals surface area contributed by atoms with E-state index in [1.165, 1.54) is 11.9 Å². The van der Waals surface area contributed by atoms with E-state index in [0.29, 0.717) is 29.5 Å². The number of nitrogens with zero attached hydrogens (tertiary/aromatic N) is 2. The number of halogens is 1. The van der Waals surface area contributed by atoms with Crippen molar-refractivity contribution in [3.8, 4) is 5.75 Å². The fourth-order valence-corrected chi connectivity index (χ4v) is 5.17. The SMILES string of the molecule is CNC(=O)C(CCC=O)N1Cc2cc(CNC(=O)Cc3ccc(OCCN4CCOCC4)c(Cl)c3)ccc2C1=O. The highest BCUT2D eigenvalue weighted by Crippen LogP contribution is 2.28. The number of nitrogens with one attached hydrogen (secondary N) is 2. The van der Waals surface area contributed by atoms with Crippen LogP contribution in [0.3, 0.4) is 0 Å². The molecule has 1 atom stereocenters. The van der Waals surface area contributed by atoms with Gasteiger partial charge in [-0.3, -0.25) is 19.3 Å². The Labute approximate surface area is 238 Å². The molecule has 2 aromatic carbocycles. The van der Waals surface area contributed by atoms with Crippen LogP contribution >= 0.6 is 11.6 Å². The first kappa shape index (κ1) is 29.5. The summed E-state index contributed by atoms with van der Waals surface area (Å²) in [4.78, 5) is 52.6. The van der Waals surface area contributed by atoms with Crippen LogP contribution in [0.25, 0.3) is 0 Å². The molecule has 10 nitrogen and oxygen atoms in total. The van der Waals surface area contributed by atoms with Gasteiger partial charge in [-0.2, -0.15) is 0 Å². The summed E-state index contributed by atoms with van der Waals surface area (Å²) >= 11 is 6.40. The van der Waals surface area contributed by atoms with E-state index in [4.69, 9.17) is 21.1 Å². The lowest BCUT2D eigenvalue weighted by Crippen LogP contribution is -2.46. The van der Waals surface area contributed by atoms with Gasteiger partial charge in [-0.15, -0.1) is 0 Å². The van der Waals surface area contributed by atoms with Crippen LogP contribution in [0.2, 0.25) is 5.02 Å². The molecule has 1 saturated heterocycles. The zero-order valence-corrected chi connectivity index (χ0v) is 23.4. The molecule has 2 heterocycles. The van der Waals surface area contributed by atoms with Gasteiger partial charge in [0.05, 0.1) is 24.7 Å². The lowest BCUT2D eigenvalue weighted by atomic mass is 10.1. The van der Waals surface area contributed by atoms with Crippen LogP contribution in [0.1, 0.15) is 39.9 Å². The molecule has 40 heavy (non-hydrogen) atoms. The first-order valence-electron chi connectivity index (χ1n) is 13.5. The summed E-state index contributed by atoms with van der Waals surface area (Å²) in [6.07, 6.45) is 1.35. The van der Waals surface area contributed by atoms with Crippen LogP contribution in [0.5, 0.6) is 5.75 Å². The van der Waals surface area contributed by atoms with Gasteiger partial charge in [0.2, 0.25) is 11.8 Å². The Bertz CT molecular complexity index is 1230. The molecule has 0 spiro atoms. The molecule has 1 unspecified atom stereocenters. The van der Waals surface area contributed by atoms with Crippen molar-refractivity contribution in [1.29, 1.82) is 0 Å². The number of benzene rings is 2. The fourth-order valence-electron chi connectivity index (χ4n) is 4.91. The molecule has 2 aromatic rings. The van der Waals surface area contributed by atoms with E-state index in [1.54, 1.807) is 24.3 Å². The summed E-state index contributed by atoms with van der Waals surface area (Å²) in [5, 5.41) is 5.95. The highest BCUT2D eigenvalue weighted by atomic mass is 35.5. The van der Waals surface area contributed by atoms with Crippen LogP contribution < -0.4 is 15.4 Å². The number of likely N-dealkylation sites (N-methyl/N-ethyl adjacent to an activating group) is 1. The van der Waals surface area contributed by atoms with Gasteiger partial charge in [-0.1, -0.05) is 29.8 Å². The molecule has 0 aliphatic carbocycles. The van der Waals surface area contributed by atoms with E-state index >= 15 is 0 Å². The van der Waals surface area contributed by atoms with E-state index in [9.17, 15) is 19.2 Å². The van der Waals surface area contributed by atoms with Crippen molar-refractivity contribution in [3.63, 3.8) is 0 Å². The molecule has 3 amide bonds. The van der Waals surface area contributed by atoms with Crippen molar-refractivity contribution < 1.29 is 28.7 Å². The van der Waals surface area contributed by atoms with Crippen molar-refractivity contribution in [1.82, 2.24) is 20.4 Å². The van der Waals surface area contributed by atoms with Crippen molar-refractivity contribution in [3.05, 3.63) is 63.7 Å². The van der Waals surface area contributed by atoms with E-state index < -0.39 is 6.04 Å². The van der Waals surface area contributed by atoms with Gasteiger partial charge >= 0.3 is 0 Å². The van der Waals surface area contributed by atoms with Crippen LogP contribution in [0, 0.1) is 0 Å². The Hall–Kier alpha value is -3.47. The van der Waals surface area contributed by atoms with E-state index in [1.807, 2.05) is 12.1 Å². The lowest BCUT2D eigenvalue weighted by Gasteiger charge is -2.26. The molecule has 2 N–H and O–H groups in total. The number of rotatable bonds is 13. The molecule has 4 rings (SSSR count). The second kappa shape index (κ2) is 14.2. The Morgan fingerprint density at radius 2 is 1.93 bits per heavy atom. The summed E-state index contributed by atoms with van der Waals surface area (Å²) in [5.41, 5.74) is 2.92. The van der Waals surface area contributed by atoms with E-state index in [2.05, 4.69) is 15.5 Å². The third-order valence-corrected chi connectivity index (χ3v) is 7.40. The van der Waals surface area contributed by atoms with Crippen LogP contribution in [-0.4, -0.2) is 86.4 Å². The van der Waals surface area contributed by atoms with Crippen molar-refractivity contribution in [2.24, 2.45) is 0 Å². The van der Waals surface area contributed by atoms with E-state index in [0.717, 1.165) is 55.8 Å². The molecule has 1 fully saturated rings.